The predicted octanol–water partition coefficient (Wildman–Crippen LogP) is 3.06. The van der Waals surface area contributed by atoms with E-state index in [0.717, 1.165) is 36.1 Å². The Morgan fingerprint density at radius 2 is 2.20 bits per heavy atom. The van der Waals surface area contributed by atoms with E-state index in [2.05, 4.69) is 58.7 Å². The van der Waals surface area contributed by atoms with Gasteiger partial charge in [-0.3, -0.25) is 4.68 Å². The largest absolute Gasteiger partial charge is 0.374 e. The van der Waals surface area contributed by atoms with Crippen LogP contribution in [0.5, 0.6) is 0 Å². The van der Waals surface area contributed by atoms with E-state index in [4.69, 9.17) is 4.74 Å². The molecule has 0 aliphatic carbocycles. The van der Waals surface area contributed by atoms with E-state index in [1.54, 1.807) is 0 Å². The van der Waals surface area contributed by atoms with Crippen LogP contribution in [0.25, 0.3) is 0 Å². The van der Waals surface area contributed by atoms with E-state index >= 15 is 0 Å². The van der Waals surface area contributed by atoms with E-state index in [-0.39, 0.29) is 0 Å². The average molecular weight is 344 g/mol. The van der Waals surface area contributed by atoms with E-state index in [0.29, 0.717) is 18.2 Å². The van der Waals surface area contributed by atoms with Crippen LogP contribution >= 0.6 is 15.9 Å². The molecular formula is C15H26BrN3O. The highest BCUT2D eigenvalue weighted by atomic mass is 79.9. The van der Waals surface area contributed by atoms with Gasteiger partial charge < -0.3 is 10.1 Å². The van der Waals surface area contributed by atoms with Gasteiger partial charge in [-0.05, 0) is 56.1 Å². The van der Waals surface area contributed by atoms with Gasteiger partial charge in [0.15, 0.2) is 0 Å². The van der Waals surface area contributed by atoms with Crippen molar-refractivity contribution in [3.05, 3.63) is 15.9 Å². The highest BCUT2D eigenvalue weighted by molar-refractivity contribution is 9.10. The molecule has 1 aliphatic rings. The van der Waals surface area contributed by atoms with Crippen molar-refractivity contribution in [3.63, 3.8) is 0 Å². The fraction of sp³-hybridized carbons (Fsp3) is 0.800. The standard InChI is InChI=1S/C15H26BrN3O/c1-5-17-12(14-8-7-10(3)20-14)9-13-15(16)11(4)18-19(13)6-2/h10,12,14,17H,5-9H2,1-4H3. The Hall–Kier alpha value is -0.390. The van der Waals surface area contributed by atoms with Crippen LogP contribution in [0.3, 0.4) is 0 Å². The molecule has 1 aromatic rings. The average Bonchev–Trinajstić information content (AvgIpc) is 2.96. The van der Waals surface area contributed by atoms with Gasteiger partial charge in [0.05, 0.1) is 28.1 Å². The maximum Gasteiger partial charge on any atom is 0.0738 e. The molecule has 1 aliphatic heterocycles. The van der Waals surface area contributed by atoms with Crippen LogP contribution < -0.4 is 5.32 Å². The van der Waals surface area contributed by atoms with E-state index in [9.17, 15) is 0 Å². The number of hydrogen-bond donors (Lipinski definition) is 1. The third-order valence-corrected chi connectivity index (χ3v) is 5.08. The summed E-state index contributed by atoms with van der Waals surface area (Å²) in [5.41, 5.74) is 2.34. The van der Waals surface area contributed by atoms with Crippen molar-refractivity contribution < 1.29 is 4.74 Å². The Bertz CT molecular complexity index is 447. The van der Waals surface area contributed by atoms with Gasteiger partial charge in [-0.15, -0.1) is 0 Å². The molecule has 0 amide bonds. The topological polar surface area (TPSA) is 39.1 Å². The Morgan fingerprint density at radius 1 is 1.45 bits per heavy atom. The van der Waals surface area contributed by atoms with Crippen LogP contribution in [0.2, 0.25) is 0 Å². The molecule has 2 heterocycles. The van der Waals surface area contributed by atoms with Gasteiger partial charge in [-0.2, -0.15) is 5.10 Å². The van der Waals surface area contributed by atoms with E-state index in [1.165, 1.54) is 12.1 Å². The molecule has 114 valence electrons. The molecule has 1 fully saturated rings. The zero-order valence-corrected chi connectivity index (χ0v) is 14.5. The highest BCUT2D eigenvalue weighted by Gasteiger charge is 2.30. The van der Waals surface area contributed by atoms with Gasteiger partial charge in [0.1, 0.15) is 0 Å². The van der Waals surface area contributed by atoms with Crippen molar-refractivity contribution in [2.24, 2.45) is 0 Å². The van der Waals surface area contributed by atoms with Crippen LogP contribution in [0, 0.1) is 6.92 Å². The van der Waals surface area contributed by atoms with E-state index in [1.807, 2.05) is 0 Å². The lowest BCUT2D eigenvalue weighted by molar-refractivity contribution is 0.0319. The highest BCUT2D eigenvalue weighted by Crippen LogP contribution is 2.27. The Labute approximate surface area is 130 Å². The van der Waals surface area contributed by atoms with Gasteiger partial charge in [0.25, 0.3) is 0 Å². The molecule has 1 aromatic heterocycles. The van der Waals surface area contributed by atoms with Gasteiger partial charge in [0.2, 0.25) is 0 Å². The Balaban J connectivity index is 2.15. The number of ether oxygens (including phenoxy) is 1. The molecule has 3 unspecified atom stereocenters. The van der Waals surface area contributed by atoms with Crippen molar-refractivity contribution in [1.29, 1.82) is 0 Å². The second kappa shape index (κ2) is 7.05. The van der Waals surface area contributed by atoms with Gasteiger partial charge in [-0.25, -0.2) is 0 Å². The number of rotatable bonds is 6. The lowest BCUT2D eigenvalue weighted by Crippen LogP contribution is -2.42. The number of aryl methyl sites for hydroxylation is 2. The monoisotopic (exact) mass is 343 g/mol. The smallest absolute Gasteiger partial charge is 0.0738 e. The first-order valence-corrected chi connectivity index (χ1v) is 8.46. The molecular weight excluding hydrogens is 318 g/mol. The summed E-state index contributed by atoms with van der Waals surface area (Å²) in [6.45, 7) is 10.4. The minimum atomic E-state index is 0.317. The fourth-order valence-electron chi connectivity index (χ4n) is 3.00. The second-order valence-electron chi connectivity index (χ2n) is 5.59. The molecule has 3 atom stereocenters. The van der Waals surface area contributed by atoms with Crippen molar-refractivity contribution in [1.82, 2.24) is 15.1 Å². The molecule has 0 saturated carbocycles. The summed E-state index contributed by atoms with van der Waals surface area (Å²) in [4.78, 5) is 0. The van der Waals surface area contributed by atoms with Crippen LogP contribution in [0.1, 0.15) is 45.0 Å². The summed E-state index contributed by atoms with van der Waals surface area (Å²) >= 11 is 3.69. The minimum absolute atomic E-state index is 0.317. The molecule has 5 heteroatoms. The quantitative estimate of drug-likeness (QED) is 0.862. The lowest BCUT2D eigenvalue weighted by atomic mass is 10.0. The molecule has 4 nitrogen and oxygen atoms in total. The first-order chi connectivity index (χ1) is 9.56. The van der Waals surface area contributed by atoms with Gasteiger partial charge >= 0.3 is 0 Å². The number of likely N-dealkylation sites (N-methyl/N-ethyl adjacent to an activating group) is 1. The molecule has 2 rings (SSSR count). The second-order valence-corrected chi connectivity index (χ2v) is 6.39. The number of hydrogen-bond acceptors (Lipinski definition) is 3. The summed E-state index contributed by atoms with van der Waals surface area (Å²) in [6, 6.07) is 0.364. The van der Waals surface area contributed by atoms with Crippen LogP contribution in [-0.2, 0) is 17.7 Å². The zero-order valence-electron chi connectivity index (χ0n) is 12.9. The summed E-state index contributed by atoms with van der Waals surface area (Å²) in [5.74, 6) is 0. The van der Waals surface area contributed by atoms with Gasteiger partial charge in [0, 0.05) is 19.0 Å². The number of halogens is 1. The molecule has 0 aromatic carbocycles. The number of aromatic nitrogens is 2. The molecule has 1 N–H and O–H groups in total. The van der Waals surface area contributed by atoms with Crippen molar-refractivity contribution >= 4 is 15.9 Å². The predicted molar refractivity (Wildman–Crippen MR) is 85.1 cm³/mol. The molecule has 1 saturated heterocycles. The summed E-state index contributed by atoms with van der Waals surface area (Å²) < 4.78 is 9.31. The molecule has 0 spiro atoms. The van der Waals surface area contributed by atoms with Crippen molar-refractivity contribution in [2.45, 2.75) is 71.8 Å². The van der Waals surface area contributed by atoms with E-state index < -0.39 is 0 Å². The summed E-state index contributed by atoms with van der Waals surface area (Å²) in [6.07, 6.45) is 3.98. The van der Waals surface area contributed by atoms with Crippen LogP contribution in [0.4, 0.5) is 0 Å². The van der Waals surface area contributed by atoms with Gasteiger partial charge in [-0.1, -0.05) is 6.92 Å². The summed E-state index contributed by atoms with van der Waals surface area (Å²) in [7, 11) is 0. The summed E-state index contributed by atoms with van der Waals surface area (Å²) in [5, 5.41) is 8.18. The molecule has 0 bridgehead atoms. The maximum absolute atomic E-state index is 6.06. The Kier molecular flexibility index (Phi) is 5.64. The normalized spacial score (nSPS) is 24.2. The third-order valence-electron chi connectivity index (χ3n) is 4.05. The SMILES string of the molecule is CCNC(Cc1c(Br)c(C)nn1CC)C1CCC(C)O1. The maximum atomic E-state index is 6.06. The third kappa shape index (κ3) is 3.43. The first-order valence-electron chi connectivity index (χ1n) is 7.67. The zero-order chi connectivity index (χ0) is 14.7. The van der Waals surface area contributed by atoms with Crippen LogP contribution in [0.15, 0.2) is 4.47 Å². The minimum Gasteiger partial charge on any atom is -0.374 e. The first kappa shape index (κ1) is 16.0. The molecule has 20 heavy (non-hydrogen) atoms. The molecule has 0 radical (unpaired) electrons. The number of nitrogens with zero attached hydrogens (tertiary/aromatic N) is 2. The fourth-order valence-corrected chi connectivity index (χ4v) is 3.44. The Morgan fingerprint density at radius 3 is 2.75 bits per heavy atom. The van der Waals surface area contributed by atoms with Crippen molar-refractivity contribution in [3.8, 4) is 0 Å². The van der Waals surface area contributed by atoms with Crippen LogP contribution in [-0.4, -0.2) is 34.6 Å². The lowest BCUT2D eigenvalue weighted by Gasteiger charge is -2.25. The van der Waals surface area contributed by atoms with Crippen molar-refractivity contribution in [2.75, 3.05) is 6.54 Å². The number of nitrogens with one attached hydrogen (secondary N) is 1.